The largest absolute Gasteiger partial charge is 0.399 e. The van der Waals surface area contributed by atoms with E-state index < -0.39 is 21.5 Å². The van der Waals surface area contributed by atoms with Crippen LogP contribution in [0.3, 0.4) is 0 Å². The van der Waals surface area contributed by atoms with Crippen molar-refractivity contribution in [3.63, 3.8) is 0 Å². The van der Waals surface area contributed by atoms with E-state index in [1.54, 1.807) is 23.9 Å². The molecule has 0 saturated carbocycles. The number of benzene rings is 1. The topological polar surface area (TPSA) is 80.5 Å². The molecule has 0 radical (unpaired) electrons. The van der Waals surface area contributed by atoms with E-state index >= 15 is 0 Å². The Bertz CT molecular complexity index is 584. The SMILES string of the molecule is CS(=O)(=O)CC(=O)N1CCSc2ccc(N)cc21. The first-order valence-electron chi connectivity index (χ1n) is 5.37. The van der Waals surface area contributed by atoms with Crippen molar-refractivity contribution < 1.29 is 13.2 Å². The number of carbonyl (C=O) groups is 1. The molecule has 0 saturated heterocycles. The Morgan fingerprint density at radius 2 is 2.22 bits per heavy atom. The maximum absolute atomic E-state index is 12.0. The maximum Gasteiger partial charge on any atom is 0.242 e. The summed E-state index contributed by atoms with van der Waals surface area (Å²) < 4.78 is 22.4. The van der Waals surface area contributed by atoms with Gasteiger partial charge in [-0.1, -0.05) is 0 Å². The summed E-state index contributed by atoms with van der Waals surface area (Å²) in [7, 11) is -3.31. The number of nitrogen functional groups attached to an aromatic ring is 1. The van der Waals surface area contributed by atoms with Gasteiger partial charge in [0.25, 0.3) is 0 Å². The molecule has 7 heteroatoms. The molecule has 0 atom stereocenters. The van der Waals surface area contributed by atoms with Crippen molar-refractivity contribution in [2.45, 2.75) is 4.90 Å². The summed E-state index contributed by atoms with van der Waals surface area (Å²) in [5.41, 5.74) is 6.98. The van der Waals surface area contributed by atoms with E-state index in [0.717, 1.165) is 16.9 Å². The highest BCUT2D eigenvalue weighted by atomic mass is 32.2. The van der Waals surface area contributed by atoms with Crippen molar-refractivity contribution >= 4 is 38.9 Å². The van der Waals surface area contributed by atoms with E-state index in [4.69, 9.17) is 5.73 Å². The molecule has 98 valence electrons. The van der Waals surface area contributed by atoms with Crippen LogP contribution in [0.1, 0.15) is 0 Å². The molecule has 0 aromatic heterocycles. The highest BCUT2D eigenvalue weighted by Gasteiger charge is 2.25. The van der Waals surface area contributed by atoms with Gasteiger partial charge in [-0.25, -0.2) is 8.42 Å². The Balaban J connectivity index is 2.32. The fraction of sp³-hybridized carbons (Fsp3) is 0.364. The average Bonchev–Trinajstić information content (AvgIpc) is 2.25. The van der Waals surface area contributed by atoms with Crippen molar-refractivity contribution in [3.8, 4) is 0 Å². The number of fused-ring (bicyclic) bond motifs is 1. The quantitative estimate of drug-likeness (QED) is 0.812. The molecule has 2 N–H and O–H groups in total. The molecule has 0 unspecified atom stereocenters. The minimum Gasteiger partial charge on any atom is -0.399 e. The number of amides is 1. The predicted octanol–water partition coefficient (Wildman–Crippen LogP) is 0.752. The Morgan fingerprint density at radius 1 is 1.50 bits per heavy atom. The first-order valence-corrected chi connectivity index (χ1v) is 8.42. The van der Waals surface area contributed by atoms with Crippen LogP contribution < -0.4 is 10.6 Å². The molecule has 5 nitrogen and oxygen atoms in total. The van der Waals surface area contributed by atoms with Crippen molar-refractivity contribution in [2.24, 2.45) is 0 Å². The van der Waals surface area contributed by atoms with Crippen molar-refractivity contribution in [1.29, 1.82) is 0 Å². The van der Waals surface area contributed by atoms with Crippen LogP contribution >= 0.6 is 11.8 Å². The number of anilines is 2. The molecule has 0 fully saturated rings. The smallest absolute Gasteiger partial charge is 0.242 e. The van der Waals surface area contributed by atoms with Crippen LogP contribution in [0, 0.1) is 0 Å². The number of thioether (sulfide) groups is 1. The average molecular weight is 286 g/mol. The van der Waals surface area contributed by atoms with Gasteiger partial charge in [-0.15, -0.1) is 11.8 Å². The highest BCUT2D eigenvalue weighted by molar-refractivity contribution is 7.99. The third-order valence-corrected chi connectivity index (χ3v) is 4.35. The number of nitrogens with two attached hydrogens (primary N) is 1. The van der Waals surface area contributed by atoms with E-state index in [9.17, 15) is 13.2 Å². The second kappa shape index (κ2) is 4.81. The van der Waals surface area contributed by atoms with Gasteiger partial charge in [0.05, 0.1) is 5.69 Å². The zero-order valence-electron chi connectivity index (χ0n) is 9.92. The van der Waals surface area contributed by atoms with Gasteiger partial charge in [-0.05, 0) is 18.2 Å². The monoisotopic (exact) mass is 286 g/mol. The fourth-order valence-electron chi connectivity index (χ4n) is 1.80. The minimum absolute atomic E-state index is 0.398. The van der Waals surface area contributed by atoms with Gasteiger partial charge in [0.2, 0.25) is 5.91 Å². The number of nitrogens with zero attached hydrogens (tertiary/aromatic N) is 1. The molecule has 1 aliphatic heterocycles. The number of hydrogen-bond acceptors (Lipinski definition) is 5. The summed E-state index contributed by atoms with van der Waals surface area (Å²) in [6, 6.07) is 5.34. The normalized spacial score (nSPS) is 15.3. The molecule has 1 aromatic rings. The van der Waals surface area contributed by atoms with Crippen molar-refractivity contribution in [3.05, 3.63) is 18.2 Å². The Morgan fingerprint density at radius 3 is 2.89 bits per heavy atom. The van der Waals surface area contributed by atoms with Gasteiger partial charge in [-0.3, -0.25) is 4.79 Å². The lowest BCUT2D eigenvalue weighted by Gasteiger charge is -2.29. The van der Waals surface area contributed by atoms with Gasteiger partial charge in [0, 0.05) is 29.1 Å². The lowest BCUT2D eigenvalue weighted by atomic mass is 10.2. The zero-order valence-corrected chi connectivity index (χ0v) is 11.6. The number of hydrogen-bond donors (Lipinski definition) is 1. The fourth-order valence-corrected chi connectivity index (χ4v) is 3.38. The third kappa shape index (κ3) is 2.97. The summed E-state index contributed by atoms with van der Waals surface area (Å²) in [6.07, 6.45) is 1.06. The Labute approximate surface area is 110 Å². The lowest BCUT2D eigenvalue weighted by molar-refractivity contribution is -0.116. The molecule has 2 rings (SSSR count). The summed E-state index contributed by atoms with van der Waals surface area (Å²) in [4.78, 5) is 14.4. The van der Waals surface area contributed by atoms with Crippen LogP contribution in [-0.2, 0) is 14.6 Å². The summed E-state index contributed by atoms with van der Waals surface area (Å²) in [5, 5.41) is 0. The molecule has 1 heterocycles. The molecule has 0 spiro atoms. The number of carbonyl (C=O) groups excluding carboxylic acids is 1. The molecular formula is C11H14N2O3S2. The molecular weight excluding hydrogens is 272 g/mol. The molecule has 18 heavy (non-hydrogen) atoms. The molecule has 1 aliphatic rings. The van der Waals surface area contributed by atoms with Crippen LogP contribution in [-0.4, -0.2) is 38.6 Å². The summed E-state index contributed by atoms with van der Waals surface area (Å²) >= 11 is 1.64. The zero-order chi connectivity index (χ0) is 13.3. The second-order valence-electron chi connectivity index (χ2n) is 4.19. The summed E-state index contributed by atoms with van der Waals surface area (Å²) in [6.45, 7) is 0.509. The third-order valence-electron chi connectivity index (χ3n) is 2.53. The van der Waals surface area contributed by atoms with E-state index in [-0.39, 0.29) is 0 Å². The van der Waals surface area contributed by atoms with Crippen molar-refractivity contribution in [1.82, 2.24) is 0 Å². The first-order chi connectivity index (χ1) is 8.37. The van der Waals surface area contributed by atoms with Gasteiger partial charge in [-0.2, -0.15) is 0 Å². The van der Waals surface area contributed by atoms with Crippen LogP contribution in [0.2, 0.25) is 0 Å². The van der Waals surface area contributed by atoms with E-state index in [1.165, 1.54) is 4.90 Å². The molecule has 0 aliphatic carbocycles. The van der Waals surface area contributed by atoms with Crippen LogP contribution in [0.4, 0.5) is 11.4 Å². The van der Waals surface area contributed by atoms with Gasteiger partial charge >= 0.3 is 0 Å². The lowest BCUT2D eigenvalue weighted by Crippen LogP contribution is -2.39. The van der Waals surface area contributed by atoms with E-state index in [0.29, 0.717) is 17.9 Å². The number of sulfone groups is 1. The van der Waals surface area contributed by atoms with E-state index in [1.807, 2.05) is 6.07 Å². The molecule has 1 aromatic carbocycles. The highest BCUT2D eigenvalue weighted by Crippen LogP contribution is 2.36. The second-order valence-corrected chi connectivity index (χ2v) is 7.47. The van der Waals surface area contributed by atoms with Crippen LogP contribution in [0.15, 0.2) is 23.1 Å². The van der Waals surface area contributed by atoms with Gasteiger partial charge in [0.15, 0.2) is 9.84 Å². The first kappa shape index (κ1) is 13.2. The minimum atomic E-state index is -3.31. The predicted molar refractivity (Wildman–Crippen MR) is 73.6 cm³/mol. The molecule has 1 amide bonds. The standard InChI is InChI=1S/C11H14N2O3S2/c1-18(15,16)7-11(14)13-4-5-17-10-3-2-8(12)6-9(10)13/h2-3,6H,4-5,7,12H2,1H3. The maximum atomic E-state index is 12.0. The summed E-state index contributed by atoms with van der Waals surface area (Å²) in [5.74, 6) is -0.108. The van der Waals surface area contributed by atoms with Crippen molar-refractivity contribution in [2.75, 3.05) is 34.9 Å². The van der Waals surface area contributed by atoms with Crippen LogP contribution in [0.25, 0.3) is 0 Å². The Kier molecular flexibility index (Phi) is 3.54. The van der Waals surface area contributed by atoms with E-state index in [2.05, 4.69) is 0 Å². The Hall–Kier alpha value is -1.21. The van der Waals surface area contributed by atoms with Gasteiger partial charge < -0.3 is 10.6 Å². The molecule has 0 bridgehead atoms. The van der Waals surface area contributed by atoms with Gasteiger partial charge in [0.1, 0.15) is 5.75 Å². The number of rotatable bonds is 2. The van der Waals surface area contributed by atoms with Crippen LogP contribution in [0.5, 0.6) is 0 Å².